The van der Waals surface area contributed by atoms with Gasteiger partial charge in [0, 0.05) is 24.6 Å². The minimum Gasteiger partial charge on any atom is -0.484 e. The molecule has 0 unspecified atom stereocenters. The van der Waals surface area contributed by atoms with Crippen LogP contribution < -0.4 is 4.74 Å². The first-order chi connectivity index (χ1) is 14.0. The van der Waals surface area contributed by atoms with Crippen molar-refractivity contribution in [3.63, 3.8) is 0 Å². The second kappa shape index (κ2) is 7.72. The number of hydrogen-bond acceptors (Lipinski definition) is 5. The summed E-state index contributed by atoms with van der Waals surface area (Å²) in [5.74, 6) is -0.136. The molecule has 1 aliphatic rings. The van der Waals surface area contributed by atoms with E-state index in [0.717, 1.165) is 11.8 Å². The van der Waals surface area contributed by atoms with E-state index in [1.165, 1.54) is 24.3 Å². The van der Waals surface area contributed by atoms with Crippen LogP contribution in [-0.2, 0) is 19.6 Å². The molecule has 3 aromatic rings. The first-order valence-electron chi connectivity index (χ1n) is 8.88. The van der Waals surface area contributed by atoms with Crippen molar-refractivity contribution in [3.05, 3.63) is 82.6 Å². The molecule has 1 amide bonds. The molecule has 0 atom stereocenters. The molecular weight excluding hydrogens is 380 g/mol. The van der Waals surface area contributed by atoms with E-state index in [1.807, 2.05) is 0 Å². The summed E-state index contributed by atoms with van der Waals surface area (Å²) < 4.78 is 37.9. The molecule has 4 rings (SSSR count). The summed E-state index contributed by atoms with van der Waals surface area (Å²) >= 11 is 0. The number of ether oxygens (including phenoxy) is 1. The molecule has 1 aromatic heterocycles. The van der Waals surface area contributed by atoms with Gasteiger partial charge in [0.2, 0.25) is 5.89 Å². The Hall–Kier alpha value is -3.73. The number of amides is 1. The van der Waals surface area contributed by atoms with Crippen LogP contribution in [0.25, 0.3) is 0 Å². The Labute approximate surface area is 165 Å². The molecule has 0 saturated heterocycles. The van der Waals surface area contributed by atoms with E-state index in [1.54, 1.807) is 23.1 Å². The number of oxazole rings is 1. The van der Waals surface area contributed by atoms with E-state index in [0.29, 0.717) is 30.4 Å². The second-order valence-electron chi connectivity index (χ2n) is 6.51. The third-order valence-electron chi connectivity index (χ3n) is 4.55. The van der Waals surface area contributed by atoms with Crippen LogP contribution in [0.3, 0.4) is 0 Å². The number of nitrogens with zero attached hydrogens (tertiary/aromatic N) is 3. The van der Waals surface area contributed by atoms with Crippen LogP contribution in [-0.4, -0.2) is 22.3 Å². The van der Waals surface area contributed by atoms with E-state index in [2.05, 4.69) is 4.98 Å². The fraction of sp³-hybridized carbons (Fsp3) is 0.190. The standard InChI is InChI=1S/C21H15F2N3O3/c22-15-2-1-3-16(9-15)28-12-20-25-18-6-7-26(11-19(18)29-20)21(27)13-4-5-17(23)14(8-13)10-24/h1-5,8-9H,6-7,11-12H2. The highest BCUT2D eigenvalue weighted by Crippen LogP contribution is 2.23. The van der Waals surface area contributed by atoms with Crippen molar-refractivity contribution in [2.24, 2.45) is 0 Å². The van der Waals surface area contributed by atoms with Gasteiger partial charge >= 0.3 is 0 Å². The Kier molecular flexibility index (Phi) is 4.96. The van der Waals surface area contributed by atoms with E-state index in [-0.39, 0.29) is 30.2 Å². The molecule has 0 spiro atoms. The quantitative estimate of drug-likeness (QED) is 0.674. The molecule has 2 aromatic carbocycles. The van der Waals surface area contributed by atoms with E-state index < -0.39 is 11.6 Å². The Morgan fingerprint density at radius 1 is 1.28 bits per heavy atom. The molecule has 0 fully saturated rings. The summed E-state index contributed by atoms with van der Waals surface area (Å²) in [6.07, 6.45) is 0.497. The SMILES string of the molecule is N#Cc1cc(C(=O)N2CCc3nc(COc4cccc(F)c4)oc3C2)ccc1F. The predicted octanol–water partition coefficient (Wildman–Crippen LogP) is 3.60. The molecule has 0 N–H and O–H groups in total. The van der Waals surface area contributed by atoms with Crippen LogP contribution in [0, 0.1) is 23.0 Å². The number of rotatable bonds is 4. The number of aromatic nitrogens is 1. The minimum absolute atomic E-state index is 0.0356. The van der Waals surface area contributed by atoms with Crippen molar-refractivity contribution in [1.82, 2.24) is 9.88 Å². The van der Waals surface area contributed by atoms with Gasteiger partial charge in [-0.25, -0.2) is 13.8 Å². The van der Waals surface area contributed by atoms with Crippen LogP contribution >= 0.6 is 0 Å². The van der Waals surface area contributed by atoms with Gasteiger partial charge in [-0.05, 0) is 30.3 Å². The lowest BCUT2D eigenvalue weighted by Gasteiger charge is -2.25. The van der Waals surface area contributed by atoms with Crippen LogP contribution in [0.4, 0.5) is 8.78 Å². The van der Waals surface area contributed by atoms with Crippen LogP contribution in [0.5, 0.6) is 5.75 Å². The van der Waals surface area contributed by atoms with Gasteiger partial charge in [0.25, 0.3) is 5.91 Å². The smallest absolute Gasteiger partial charge is 0.254 e. The maximum Gasteiger partial charge on any atom is 0.254 e. The lowest BCUT2D eigenvalue weighted by atomic mass is 10.1. The average Bonchev–Trinajstić information content (AvgIpc) is 3.14. The van der Waals surface area contributed by atoms with Crippen molar-refractivity contribution in [2.45, 2.75) is 19.6 Å². The van der Waals surface area contributed by atoms with Crippen molar-refractivity contribution in [1.29, 1.82) is 5.26 Å². The van der Waals surface area contributed by atoms with Gasteiger partial charge in [0.05, 0.1) is 17.8 Å². The Morgan fingerprint density at radius 2 is 2.14 bits per heavy atom. The molecule has 29 heavy (non-hydrogen) atoms. The number of benzene rings is 2. The number of carbonyl (C=O) groups excluding carboxylic acids is 1. The second-order valence-corrected chi connectivity index (χ2v) is 6.51. The third kappa shape index (κ3) is 3.94. The van der Waals surface area contributed by atoms with E-state index in [9.17, 15) is 13.6 Å². The fourth-order valence-corrected chi connectivity index (χ4v) is 3.11. The van der Waals surface area contributed by atoms with Crippen molar-refractivity contribution < 1.29 is 22.7 Å². The van der Waals surface area contributed by atoms with Gasteiger partial charge < -0.3 is 14.1 Å². The van der Waals surface area contributed by atoms with Crippen LogP contribution in [0.2, 0.25) is 0 Å². The lowest BCUT2D eigenvalue weighted by Crippen LogP contribution is -2.35. The van der Waals surface area contributed by atoms with E-state index in [4.69, 9.17) is 14.4 Å². The van der Waals surface area contributed by atoms with Crippen LogP contribution in [0.15, 0.2) is 46.9 Å². The fourth-order valence-electron chi connectivity index (χ4n) is 3.11. The van der Waals surface area contributed by atoms with Gasteiger partial charge in [-0.1, -0.05) is 6.07 Å². The number of halogens is 2. The van der Waals surface area contributed by atoms with Crippen molar-refractivity contribution in [3.8, 4) is 11.8 Å². The summed E-state index contributed by atoms with van der Waals surface area (Å²) in [6.45, 7) is 0.663. The maximum absolute atomic E-state index is 13.5. The number of hydrogen-bond donors (Lipinski definition) is 0. The summed E-state index contributed by atoms with van der Waals surface area (Å²) in [7, 11) is 0. The minimum atomic E-state index is -0.664. The summed E-state index contributed by atoms with van der Waals surface area (Å²) in [5.41, 5.74) is 0.800. The normalized spacial score (nSPS) is 12.9. The van der Waals surface area contributed by atoms with Gasteiger partial charge in [-0.15, -0.1) is 0 Å². The highest BCUT2D eigenvalue weighted by Gasteiger charge is 2.26. The molecule has 0 aliphatic carbocycles. The Bertz CT molecular complexity index is 1120. The summed E-state index contributed by atoms with van der Waals surface area (Å²) in [5, 5.41) is 8.95. The molecule has 1 aliphatic heterocycles. The largest absolute Gasteiger partial charge is 0.484 e. The lowest BCUT2D eigenvalue weighted by molar-refractivity contribution is 0.0718. The zero-order valence-corrected chi connectivity index (χ0v) is 15.2. The molecule has 6 nitrogen and oxygen atoms in total. The summed E-state index contributed by atoms with van der Waals surface area (Å²) in [6, 6.07) is 11.2. The number of fused-ring (bicyclic) bond motifs is 1. The molecule has 8 heteroatoms. The third-order valence-corrected chi connectivity index (χ3v) is 4.55. The van der Waals surface area contributed by atoms with Gasteiger partial charge in [0.15, 0.2) is 6.61 Å². The first kappa shape index (κ1) is 18.6. The molecule has 0 saturated carbocycles. The predicted molar refractivity (Wildman–Crippen MR) is 96.8 cm³/mol. The molecule has 2 heterocycles. The maximum atomic E-state index is 13.5. The number of carbonyl (C=O) groups is 1. The topological polar surface area (TPSA) is 79.4 Å². The number of nitriles is 1. The molecule has 0 bridgehead atoms. The van der Waals surface area contributed by atoms with Gasteiger partial charge in [-0.3, -0.25) is 4.79 Å². The Morgan fingerprint density at radius 3 is 2.93 bits per heavy atom. The van der Waals surface area contributed by atoms with Crippen LogP contribution in [0.1, 0.15) is 33.3 Å². The van der Waals surface area contributed by atoms with Gasteiger partial charge in [0.1, 0.15) is 29.2 Å². The molecule has 0 radical (unpaired) electrons. The summed E-state index contributed by atoms with van der Waals surface area (Å²) in [4.78, 5) is 18.6. The zero-order chi connectivity index (χ0) is 20.4. The Balaban J connectivity index is 1.45. The molecule has 146 valence electrons. The highest BCUT2D eigenvalue weighted by molar-refractivity contribution is 5.94. The van der Waals surface area contributed by atoms with Crippen molar-refractivity contribution in [2.75, 3.05) is 6.54 Å². The monoisotopic (exact) mass is 395 g/mol. The van der Waals surface area contributed by atoms with Crippen molar-refractivity contribution >= 4 is 5.91 Å². The first-order valence-corrected chi connectivity index (χ1v) is 8.88. The molecular formula is C21H15F2N3O3. The zero-order valence-electron chi connectivity index (χ0n) is 15.2. The van der Waals surface area contributed by atoms with E-state index >= 15 is 0 Å². The van der Waals surface area contributed by atoms with Gasteiger partial charge in [-0.2, -0.15) is 5.26 Å². The highest BCUT2D eigenvalue weighted by atomic mass is 19.1. The average molecular weight is 395 g/mol.